The summed E-state index contributed by atoms with van der Waals surface area (Å²) in [5.74, 6) is 0. The maximum absolute atomic E-state index is 7.99. The van der Waals surface area contributed by atoms with Crippen molar-refractivity contribution in [3.63, 3.8) is 0 Å². The summed E-state index contributed by atoms with van der Waals surface area (Å²) in [6.45, 7) is 0. The van der Waals surface area contributed by atoms with Crippen LogP contribution in [-0.2, 0) is 0 Å². The van der Waals surface area contributed by atoms with Crippen LogP contribution in [0.2, 0.25) is 0 Å². The minimum absolute atomic E-state index is 0.955. The van der Waals surface area contributed by atoms with E-state index in [0.717, 1.165) is 5.70 Å². The Morgan fingerprint density at radius 3 is 3.00 bits per heavy atom. The van der Waals surface area contributed by atoms with E-state index in [2.05, 4.69) is 4.99 Å². The highest BCUT2D eigenvalue weighted by molar-refractivity contribution is 5.92. The van der Waals surface area contributed by atoms with Crippen LogP contribution in [0.1, 0.15) is 0 Å². The molecule has 0 saturated carbocycles. The molecule has 8 heavy (non-hydrogen) atoms. The first-order chi connectivity index (χ1) is 3.93. The molecule has 0 aromatic carbocycles. The Kier molecular flexibility index (Phi) is 1.25. The molecule has 0 aliphatic carbocycles. The molecular formula is C6H4N2. The molecule has 0 spiro atoms. The fraction of sp³-hybridized carbons (Fsp3) is 0. The van der Waals surface area contributed by atoms with Gasteiger partial charge in [-0.2, -0.15) is 5.26 Å². The predicted octanol–water partition coefficient (Wildman–Crippen LogP) is 1.03. The van der Waals surface area contributed by atoms with Gasteiger partial charge in [0.2, 0.25) is 0 Å². The van der Waals surface area contributed by atoms with Gasteiger partial charge in [-0.3, -0.25) is 4.99 Å². The fourth-order valence-electron chi connectivity index (χ4n) is 0.313. The van der Waals surface area contributed by atoms with Gasteiger partial charge in [0.25, 0.3) is 0 Å². The Bertz CT molecular complexity index is 195. The number of allylic oxidation sites excluding steroid dienone is 4. The average Bonchev–Trinajstić information content (AvgIpc) is 2.51. The summed E-state index contributed by atoms with van der Waals surface area (Å²) in [6.07, 6.45) is 6.60. The molecule has 0 aromatic rings. The zero-order chi connectivity index (χ0) is 5.82. The van der Waals surface area contributed by atoms with E-state index in [9.17, 15) is 0 Å². The van der Waals surface area contributed by atoms with Crippen LogP contribution < -0.4 is 0 Å². The second kappa shape index (κ2) is 2.08. The van der Waals surface area contributed by atoms with Gasteiger partial charge in [-0.1, -0.05) is 0 Å². The molecule has 1 heterocycles. The first-order valence-corrected chi connectivity index (χ1v) is 2.24. The standard InChI is InChI=1S/C6H4N2/c7-4-2-1-3-6-5-8-6/h1-3,5H. The van der Waals surface area contributed by atoms with Gasteiger partial charge in [-0.25, -0.2) is 0 Å². The van der Waals surface area contributed by atoms with Gasteiger partial charge in [0.1, 0.15) is 0 Å². The Labute approximate surface area is 47.5 Å². The molecule has 0 bridgehead atoms. The summed E-state index contributed by atoms with van der Waals surface area (Å²) in [5, 5.41) is 7.99. The monoisotopic (exact) mass is 104 g/mol. The van der Waals surface area contributed by atoms with Gasteiger partial charge in [0.05, 0.1) is 18.0 Å². The third-order valence-corrected chi connectivity index (χ3v) is 0.716. The first kappa shape index (κ1) is 4.79. The van der Waals surface area contributed by atoms with Crippen LogP contribution in [0.3, 0.4) is 0 Å². The van der Waals surface area contributed by atoms with Crippen molar-refractivity contribution in [3.05, 3.63) is 23.9 Å². The van der Waals surface area contributed by atoms with E-state index in [1.165, 1.54) is 6.08 Å². The summed E-state index contributed by atoms with van der Waals surface area (Å²) in [7, 11) is 0. The van der Waals surface area contributed by atoms with Crippen LogP contribution in [0, 0.1) is 11.3 Å². The van der Waals surface area contributed by atoms with Crippen LogP contribution in [0.25, 0.3) is 0 Å². The zero-order valence-corrected chi connectivity index (χ0v) is 4.20. The van der Waals surface area contributed by atoms with Crippen molar-refractivity contribution < 1.29 is 0 Å². The second-order valence-corrected chi connectivity index (χ2v) is 1.34. The van der Waals surface area contributed by atoms with Gasteiger partial charge in [0, 0.05) is 6.08 Å². The molecule has 1 rings (SSSR count). The molecule has 2 heteroatoms. The lowest BCUT2D eigenvalue weighted by molar-refractivity contribution is 1.53. The lowest BCUT2D eigenvalue weighted by Gasteiger charge is -1.62. The van der Waals surface area contributed by atoms with Gasteiger partial charge < -0.3 is 0 Å². The number of rotatable bonds is 1. The van der Waals surface area contributed by atoms with Crippen molar-refractivity contribution in [3.8, 4) is 6.07 Å². The topological polar surface area (TPSA) is 36.1 Å². The maximum atomic E-state index is 7.99. The van der Waals surface area contributed by atoms with Crippen LogP contribution in [0.4, 0.5) is 0 Å². The van der Waals surface area contributed by atoms with Crippen molar-refractivity contribution in [1.29, 1.82) is 5.26 Å². The summed E-state index contributed by atoms with van der Waals surface area (Å²) in [4.78, 5) is 3.75. The van der Waals surface area contributed by atoms with Crippen molar-refractivity contribution in [1.82, 2.24) is 0 Å². The lowest BCUT2D eigenvalue weighted by Crippen LogP contribution is -1.50. The minimum atomic E-state index is 0.955. The third kappa shape index (κ3) is 1.39. The van der Waals surface area contributed by atoms with Gasteiger partial charge in [0.15, 0.2) is 0 Å². The molecule has 2 nitrogen and oxygen atoms in total. The maximum Gasteiger partial charge on any atom is 0.0912 e. The van der Waals surface area contributed by atoms with Gasteiger partial charge >= 0.3 is 0 Å². The predicted molar refractivity (Wildman–Crippen MR) is 31.3 cm³/mol. The van der Waals surface area contributed by atoms with Crippen molar-refractivity contribution in [2.24, 2.45) is 4.99 Å². The van der Waals surface area contributed by atoms with Crippen molar-refractivity contribution >= 4 is 6.21 Å². The van der Waals surface area contributed by atoms with E-state index in [1.807, 2.05) is 6.07 Å². The molecular weight excluding hydrogens is 100 g/mol. The largest absolute Gasteiger partial charge is 0.253 e. The Morgan fingerprint density at radius 2 is 2.50 bits per heavy atom. The molecule has 38 valence electrons. The molecule has 0 aromatic heterocycles. The summed E-state index contributed by atoms with van der Waals surface area (Å²) < 4.78 is 0. The molecule has 1 aliphatic heterocycles. The number of hydrogen-bond donors (Lipinski definition) is 0. The normalized spacial score (nSPS) is 19.6. The van der Waals surface area contributed by atoms with E-state index >= 15 is 0 Å². The molecule has 0 atom stereocenters. The summed E-state index contributed by atoms with van der Waals surface area (Å²) in [6, 6.07) is 1.87. The molecule has 0 unspecified atom stereocenters. The molecule has 1 aliphatic rings. The quantitative estimate of drug-likeness (QED) is 0.458. The number of hydrogen-bond acceptors (Lipinski definition) is 2. The molecule has 0 radical (unpaired) electrons. The molecule has 0 fully saturated rings. The first-order valence-electron chi connectivity index (χ1n) is 2.24. The minimum Gasteiger partial charge on any atom is -0.253 e. The smallest absolute Gasteiger partial charge is 0.0912 e. The van der Waals surface area contributed by atoms with Crippen molar-refractivity contribution in [2.75, 3.05) is 0 Å². The molecule has 0 saturated heterocycles. The van der Waals surface area contributed by atoms with E-state index in [0.29, 0.717) is 0 Å². The average molecular weight is 104 g/mol. The number of nitriles is 1. The van der Waals surface area contributed by atoms with E-state index < -0.39 is 0 Å². The van der Waals surface area contributed by atoms with Gasteiger partial charge in [-0.15, -0.1) is 0 Å². The Morgan fingerprint density at radius 1 is 1.75 bits per heavy atom. The lowest BCUT2D eigenvalue weighted by atomic mass is 10.4. The van der Waals surface area contributed by atoms with Crippen molar-refractivity contribution in [2.45, 2.75) is 0 Å². The summed E-state index contributed by atoms with van der Waals surface area (Å²) in [5.41, 5.74) is 0.955. The van der Waals surface area contributed by atoms with E-state index in [-0.39, 0.29) is 0 Å². The van der Waals surface area contributed by atoms with Crippen LogP contribution in [0.5, 0.6) is 0 Å². The second-order valence-electron chi connectivity index (χ2n) is 1.34. The highest BCUT2D eigenvalue weighted by atomic mass is 14.9. The SMILES string of the molecule is N#CC=CC=C1C=N1. The zero-order valence-electron chi connectivity index (χ0n) is 4.20. The number of nitrogens with zero attached hydrogens (tertiary/aromatic N) is 2. The molecule has 0 amide bonds. The third-order valence-electron chi connectivity index (χ3n) is 0.716. The van der Waals surface area contributed by atoms with Crippen LogP contribution >= 0.6 is 0 Å². The highest BCUT2D eigenvalue weighted by Gasteiger charge is 1.95. The van der Waals surface area contributed by atoms with E-state index in [4.69, 9.17) is 5.26 Å². The highest BCUT2D eigenvalue weighted by Crippen LogP contribution is 2.04. The fourth-order valence-corrected chi connectivity index (χ4v) is 0.313. The molecule has 0 N–H and O–H groups in total. The van der Waals surface area contributed by atoms with Crippen LogP contribution in [-0.4, -0.2) is 6.21 Å². The van der Waals surface area contributed by atoms with Crippen LogP contribution in [0.15, 0.2) is 28.9 Å². The summed E-state index contributed by atoms with van der Waals surface area (Å²) >= 11 is 0. The van der Waals surface area contributed by atoms with Gasteiger partial charge in [-0.05, 0) is 12.2 Å². The Balaban J connectivity index is 2.34. The van der Waals surface area contributed by atoms with E-state index in [1.54, 1.807) is 18.4 Å². The number of aliphatic imine (C=N–C) groups is 1. The Hall–Kier alpha value is -1.36.